The van der Waals surface area contributed by atoms with E-state index < -0.39 is 0 Å². The molecule has 0 fully saturated rings. The molecule has 5 nitrogen and oxygen atoms in total. The smallest absolute Gasteiger partial charge is 0.142 e. The standard InChI is InChI=1S/C20H14Cl2FN5/c1-12-17(20(22)28(27-12)15-5-3-14(23)4-6-15)11-25-26-18-8-9-24-19-10-13(21)2-7-16(18)19/h2-11H,1H3,(H,24,26). The molecule has 1 N–H and O–H groups in total. The largest absolute Gasteiger partial charge is 0.278 e. The lowest BCUT2D eigenvalue weighted by Crippen LogP contribution is -1.97. The number of aromatic nitrogens is 3. The van der Waals surface area contributed by atoms with Crippen molar-refractivity contribution in [3.05, 3.63) is 82.0 Å². The van der Waals surface area contributed by atoms with Crippen LogP contribution in [-0.2, 0) is 0 Å². The van der Waals surface area contributed by atoms with E-state index in [0.29, 0.717) is 27.1 Å². The van der Waals surface area contributed by atoms with E-state index in [1.165, 1.54) is 12.1 Å². The van der Waals surface area contributed by atoms with Crippen molar-refractivity contribution in [2.24, 2.45) is 5.10 Å². The van der Waals surface area contributed by atoms with Gasteiger partial charge in [-0.25, -0.2) is 9.07 Å². The van der Waals surface area contributed by atoms with Gasteiger partial charge in [0.15, 0.2) is 0 Å². The first-order chi connectivity index (χ1) is 13.5. The zero-order chi connectivity index (χ0) is 19.7. The van der Waals surface area contributed by atoms with Crippen LogP contribution in [0.2, 0.25) is 10.2 Å². The van der Waals surface area contributed by atoms with Gasteiger partial charge in [0.1, 0.15) is 11.0 Å². The van der Waals surface area contributed by atoms with E-state index in [-0.39, 0.29) is 5.82 Å². The first kappa shape index (κ1) is 18.4. The van der Waals surface area contributed by atoms with Crippen LogP contribution in [0.4, 0.5) is 10.1 Å². The van der Waals surface area contributed by atoms with Crippen LogP contribution in [0.1, 0.15) is 11.3 Å². The number of nitrogens with zero attached hydrogens (tertiary/aromatic N) is 4. The minimum atomic E-state index is -0.319. The Balaban J connectivity index is 1.62. The number of pyridine rings is 1. The van der Waals surface area contributed by atoms with Gasteiger partial charge in [-0.15, -0.1) is 0 Å². The fourth-order valence-corrected chi connectivity index (χ4v) is 3.28. The molecule has 2 heterocycles. The molecule has 0 aliphatic carbocycles. The van der Waals surface area contributed by atoms with Crippen LogP contribution in [0.25, 0.3) is 16.6 Å². The van der Waals surface area contributed by atoms with Crippen LogP contribution in [0, 0.1) is 12.7 Å². The summed E-state index contributed by atoms with van der Waals surface area (Å²) in [4.78, 5) is 4.30. The third kappa shape index (κ3) is 3.56. The van der Waals surface area contributed by atoms with Crippen molar-refractivity contribution in [3.63, 3.8) is 0 Å². The molecule has 0 amide bonds. The number of halogens is 3. The molecule has 0 aliphatic heterocycles. The van der Waals surface area contributed by atoms with Crippen LogP contribution < -0.4 is 5.43 Å². The van der Waals surface area contributed by atoms with Crippen LogP contribution in [-0.4, -0.2) is 21.0 Å². The van der Waals surface area contributed by atoms with Gasteiger partial charge in [0.25, 0.3) is 0 Å². The second-order valence-corrected chi connectivity index (χ2v) is 6.86. The molecule has 4 aromatic rings. The normalized spacial score (nSPS) is 11.4. The Morgan fingerprint density at radius 1 is 1.11 bits per heavy atom. The van der Waals surface area contributed by atoms with Crippen LogP contribution in [0.3, 0.4) is 0 Å². The Hall–Kier alpha value is -2.96. The number of rotatable bonds is 4. The fraction of sp³-hybridized carbons (Fsp3) is 0.0500. The van der Waals surface area contributed by atoms with Crippen molar-refractivity contribution in [3.8, 4) is 5.69 Å². The zero-order valence-electron chi connectivity index (χ0n) is 14.7. The molecule has 2 aromatic heterocycles. The highest BCUT2D eigenvalue weighted by molar-refractivity contribution is 6.32. The first-order valence-electron chi connectivity index (χ1n) is 8.37. The minimum absolute atomic E-state index is 0.319. The molecule has 140 valence electrons. The van der Waals surface area contributed by atoms with Crippen LogP contribution in [0.15, 0.2) is 59.8 Å². The minimum Gasteiger partial charge on any atom is -0.278 e. The van der Waals surface area contributed by atoms with Gasteiger partial charge >= 0.3 is 0 Å². The lowest BCUT2D eigenvalue weighted by molar-refractivity contribution is 0.627. The van der Waals surface area contributed by atoms with Gasteiger partial charge in [0, 0.05) is 16.6 Å². The highest BCUT2D eigenvalue weighted by Gasteiger charge is 2.13. The molecular formula is C20H14Cl2FN5. The number of hydrogen-bond donors (Lipinski definition) is 1. The van der Waals surface area contributed by atoms with E-state index in [0.717, 1.165) is 16.6 Å². The fourth-order valence-electron chi connectivity index (χ4n) is 2.80. The van der Waals surface area contributed by atoms with E-state index in [4.69, 9.17) is 23.2 Å². The average molecular weight is 414 g/mol. The molecule has 28 heavy (non-hydrogen) atoms. The monoisotopic (exact) mass is 413 g/mol. The van der Waals surface area contributed by atoms with Crippen molar-refractivity contribution < 1.29 is 4.39 Å². The van der Waals surface area contributed by atoms with Gasteiger partial charge in [-0.05, 0) is 55.5 Å². The molecular weight excluding hydrogens is 400 g/mol. The van der Waals surface area contributed by atoms with Gasteiger partial charge in [0.05, 0.1) is 34.4 Å². The summed E-state index contributed by atoms with van der Waals surface area (Å²) >= 11 is 12.5. The topological polar surface area (TPSA) is 55.1 Å². The number of hydrazone groups is 1. The van der Waals surface area contributed by atoms with Gasteiger partial charge in [0.2, 0.25) is 0 Å². The van der Waals surface area contributed by atoms with Crippen molar-refractivity contribution >= 4 is 46.0 Å². The summed E-state index contributed by atoms with van der Waals surface area (Å²) < 4.78 is 14.7. The summed E-state index contributed by atoms with van der Waals surface area (Å²) in [6.07, 6.45) is 3.29. The second-order valence-electron chi connectivity index (χ2n) is 6.07. The Kier molecular flexibility index (Phi) is 4.98. The number of fused-ring (bicyclic) bond motifs is 1. The molecule has 0 saturated carbocycles. The first-order valence-corrected chi connectivity index (χ1v) is 9.13. The summed E-state index contributed by atoms with van der Waals surface area (Å²) in [6.45, 7) is 1.83. The number of hydrogen-bond acceptors (Lipinski definition) is 4. The van der Waals surface area contributed by atoms with Crippen molar-refractivity contribution in [1.82, 2.24) is 14.8 Å². The lowest BCUT2D eigenvalue weighted by Gasteiger charge is -2.05. The molecule has 0 spiro atoms. The average Bonchev–Trinajstić information content (AvgIpc) is 2.96. The summed E-state index contributed by atoms with van der Waals surface area (Å²) in [6, 6.07) is 13.2. The predicted molar refractivity (Wildman–Crippen MR) is 111 cm³/mol. The van der Waals surface area contributed by atoms with Gasteiger partial charge < -0.3 is 0 Å². The summed E-state index contributed by atoms with van der Waals surface area (Å²) in [5.41, 5.74) is 6.60. The Morgan fingerprint density at radius 3 is 2.68 bits per heavy atom. The maximum atomic E-state index is 13.1. The molecule has 8 heteroatoms. The van der Waals surface area contributed by atoms with Gasteiger partial charge in [-0.2, -0.15) is 10.2 Å². The third-order valence-corrected chi connectivity index (χ3v) is 4.80. The van der Waals surface area contributed by atoms with E-state index in [1.54, 1.807) is 41.4 Å². The van der Waals surface area contributed by atoms with Crippen molar-refractivity contribution in [1.29, 1.82) is 0 Å². The van der Waals surface area contributed by atoms with Crippen LogP contribution >= 0.6 is 23.2 Å². The van der Waals surface area contributed by atoms with E-state index in [2.05, 4.69) is 20.6 Å². The highest BCUT2D eigenvalue weighted by Crippen LogP contribution is 2.25. The zero-order valence-corrected chi connectivity index (χ0v) is 16.2. The van der Waals surface area contributed by atoms with E-state index >= 15 is 0 Å². The number of benzene rings is 2. The SMILES string of the molecule is Cc1nn(-c2ccc(F)cc2)c(Cl)c1C=NNc1ccnc2cc(Cl)ccc12. The van der Waals surface area contributed by atoms with Crippen molar-refractivity contribution in [2.45, 2.75) is 6.92 Å². The predicted octanol–water partition coefficient (Wildman–Crippen LogP) is 5.62. The van der Waals surface area contributed by atoms with E-state index in [1.807, 2.05) is 19.1 Å². The van der Waals surface area contributed by atoms with Crippen molar-refractivity contribution in [2.75, 3.05) is 5.43 Å². The van der Waals surface area contributed by atoms with Crippen LogP contribution in [0.5, 0.6) is 0 Å². The highest BCUT2D eigenvalue weighted by atomic mass is 35.5. The maximum Gasteiger partial charge on any atom is 0.142 e. The molecule has 2 aromatic carbocycles. The Bertz CT molecular complexity index is 1190. The Labute approximate surface area is 170 Å². The number of anilines is 1. The van der Waals surface area contributed by atoms with E-state index in [9.17, 15) is 4.39 Å². The molecule has 0 aliphatic rings. The summed E-state index contributed by atoms with van der Waals surface area (Å²) in [7, 11) is 0. The lowest BCUT2D eigenvalue weighted by atomic mass is 10.2. The molecule has 0 atom stereocenters. The quantitative estimate of drug-likeness (QED) is 0.348. The Morgan fingerprint density at radius 2 is 1.89 bits per heavy atom. The number of nitrogens with one attached hydrogen (secondary N) is 1. The third-order valence-electron chi connectivity index (χ3n) is 4.20. The molecule has 4 rings (SSSR count). The maximum absolute atomic E-state index is 13.1. The summed E-state index contributed by atoms with van der Waals surface area (Å²) in [5, 5.41) is 10.6. The second kappa shape index (κ2) is 7.58. The van der Waals surface area contributed by atoms with Gasteiger partial charge in [-0.1, -0.05) is 23.2 Å². The van der Waals surface area contributed by atoms with Gasteiger partial charge in [-0.3, -0.25) is 10.4 Å². The summed E-state index contributed by atoms with van der Waals surface area (Å²) in [5.74, 6) is -0.319. The molecule has 0 unspecified atom stereocenters. The molecule has 0 radical (unpaired) electrons. The number of aryl methyl sites for hydroxylation is 1. The molecule has 0 bridgehead atoms. The molecule has 0 saturated heterocycles.